The molecule has 2 heterocycles. The molecule has 3 aromatic carbocycles. The summed E-state index contributed by atoms with van der Waals surface area (Å²) in [7, 11) is 9.92. The van der Waals surface area contributed by atoms with Crippen LogP contribution in [-0.2, 0) is 87.9 Å². The van der Waals surface area contributed by atoms with E-state index in [1.807, 2.05) is 39.0 Å². The zero-order valence-electron chi connectivity index (χ0n) is 67.4. The molecule has 2 saturated carbocycles. The van der Waals surface area contributed by atoms with Crippen LogP contribution in [0.1, 0.15) is 166 Å². The van der Waals surface area contributed by atoms with E-state index in [4.69, 9.17) is 4.74 Å². The highest BCUT2D eigenvalue weighted by atomic mass is 19.4. The van der Waals surface area contributed by atoms with E-state index >= 15 is 9.59 Å². The molecule has 2 aliphatic carbocycles. The van der Waals surface area contributed by atoms with Gasteiger partial charge in [-0.1, -0.05) is 120 Å². The first-order chi connectivity index (χ1) is 53.2. The number of hydrogen-bond acceptors (Lipinski definition) is 14. The van der Waals surface area contributed by atoms with Crippen LogP contribution in [0.5, 0.6) is 0 Å². The number of ether oxygens (including phenoxy) is 1. The van der Waals surface area contributed by atoms with Gasteiger partial charge in [0.2, 0.25) is 65.0 Å². The van der Waals surface area contributed by atoms with Gasteiger partial charge in [-0.05, 0) is 132 Å². The molecule has 4 fully saturated rings. The number of rotatable bonds is 35. The van der Waals surface area contributed by atoms with Gasteiger partial charge in [0.05, 0.1) is 13.0 Å². The lowest BCUT2D eigenvalue weighted by Crippen LogP contribution is -2.65. The van der Waals surface area contributed by atoms with Gasteiger partial charge in [-0.3, -0.25) is 52.7 Å². The van der Waals surface area contributed by atoms with E-state index in [-0.39, 0.29) is 75.7 Å². The summed E-state index contributed by atoms with van der Waals surface area (Å²) in [5.41, 5.74) is -1.60. The molecule has 0 unspecified atom stereocenters. The Morgan fingerprint density at radius 3 is 1.81 bits per heavy atom. The number of nitrogens with one attached hydrogen (secondary N) is 3. The van der Waals surface area contributed by atoms with Gasteiger partial charge < -0.3 is 69.9 Å². The van der Waals surface area contributed by atoms with Crippen molar-refractivity contribution in [1.29, 1.82) is 0 Å². The predicted molar refractivity (Wildman–Crippen MR) is 407 cm³/mol. The predicted octanol–water partition coefficient (Wildman–Crippen LogP) is 7.12. The van der Waals surface area contributed by atoms with E-state index in [0.29, 0.717) is 62.6 Å². The van der Waals surface area contributed by atoms with E-state index < -0.39 is 192 Å². The standard InChI is InChI=1S/C81H113F5N12O15/c1-15-50(6)67(88-69(101)61(41-48(3)4)93(12)65(100)45-62(72(104)90(8)9)94(13)76(108)68(55-27-20-21-28-55)95(14)78(111)80(37-22-23-38-80)89-79(112)113-47-53-25-18-17-19-26-53)75(107)92(11)51(7)70(102)98-40-36-59(98)74(106)96(16-2)63(44-52-32-30-49(5)31-33-52)73(105)91(10)46-64(99)87-58(71(103)97-39-24-29-60(97)77(109)110)35-34-54-42-56(82)66(57(83)43-54)81(84,85)86/h17-19,25-26,30-33,42-43,48,50-51,55,58-63,67-68H,15-16,20-24,27-29,34-41,44-47H2,1-14H3,(H,87,99)(H,88,101)(H,89,112)(H,109,110)/t50-,51-,58-,59-,60-,61-,62-,63-,67-,68-/m0/s1. The SMILES string of the molecule is CC[C@H](C)[C@H](NC(=O)[C@H](CC(C)C)N(C)C(=O)C[C@@H](C(=O)N(C)C)N(C)C(=O)[C@H](C1CCCC1)N(C)C(=O)C1(NC(=O)OCc2ccccc2)CCCC1)C(=O)N(C)[C@@H](C)C(=O)N1CC[C@H]1C(=O)N(CC)[C@@H](Cc1ccc(C)cc1)C(=O)N(C)CC(=O)N[C@@H](CCc1cc(F)c(C(F)(F)F)c(F)c1)C(=O)N1CCC[C@H]1C(=O)O. The van der Waals surface area contributed by atoms with Crippen molar-refractivity contribution in [2.75, 3.05) is 75.5 Å². The number of hydrogen-bond donors (Lipinski definition) is 4. The molecule has 12 amide bonds. The molecule has 0 spiro atoms. The van der Waals surface area contributed by atoms with Gasteiger partial charge >= 0.3 is 18.2 Å². The average Bonchev–Trinajstić information content (AvgIpc) is 0.949. The van der Waals surface area contributed by atoms with Crippen molar-refractivity contribution in [2.45, 2.75) is 230 Å². The Bertz CT molecular complexity index is 3890. The Labute approximate surface area is 658 Å². The van der Waals surface area contributed by atoms with E-state index in [1.54, 1.807) is 57.2 Å². The lowest BCUT2D eigenvalue weighted by Gasteiger charge is -2.45. The zero-order chi connectivity index (χ0) is 83.8. The molecule has 3 aromatic rings. The number of aliphatic carboxylic acids is 1. The first-order valence-electron chi connectivity index (χ1n) is 39.0. The van der Waals surface area contributed by atoms with Crippen LogP contribution >= 0.6 is 0 Å². The highest BCUT2D eigenvalue weighted by molar-refractivity contribution is 6.00. The van der Waals surface area contributed by atoms with E-state index in [0.717, 1.165) is 38.7 Å². The van der Waals surface area contributed by atoms with Crippen molar-refractivity contribution in [3.63, 3.8) is 0 Å². The molecular formula is C81H113F5N12O15. The third-order valence-electron chi connectivity index (χ3n) is 22.8. The van der Waals surface area contributed by atoms with Crippen molar-refractivity contribution < 1.29 is 94.1 Å². The van der Waals surface area contributed by atoms with E-state index in [1.165, 1.54) is 85.7 Å². The highest BCUT2D eigenvalue weighted by Gasteiger charge is 2.51. The molecule has 10 atom stereocenters. The summed E-state index contributed by atoms with van der Waals surface area (Å²) in [6.07, 6.45) is -2.33. The van der Waals surface area contributed by atoms with Crippen molar-refractivity contribution in [3.8, 4) is 0 Å². The number of carboxylic acids is 1. The van der Waals surface area contributed by atoms with Crippen molar-refractivity contribution in [1.82, 2.24) is 60.0 Å². The Morgan fingerprint density at radius 2 is 1.26 bits per heavy atom. The van der Waals surface area contributed by atoms with Gasteiger partial charge in [0.1, 0.15) is 83.7 Å². The largest absolute Gasteiger partial charge is 0.480 e. The molecule has 0 aromatic heterocycles. The molecule has 2 aliphatic heterocycles. The van der Waals surface area contributed by atoms with Crippen LogP contribution in [0.15, 0.2) is 66.7 Å². The van der Waals surface area contributed by atoms with Crippen LogP contribution in [0.3, 0.4) is 0 Å². The number of halogens is 5. The van der Waals surface area contributed by atoms with Crippen LogP contribution in [0.25, 0.3) is 0 Å². The molecule has 4 N–H and O–H groups in total. The van der Waals surface area contributed by atoms with Crippen molar-refractivity contribution in [3.05, 3.63) is 106 Å². The second-order valence-electron chi connectivity index (χ2n) is 31.4. The van der Waals surface area contributed by atoms with Crippen LogP contribution in [0.4, 0.5) is 26.7 Å². The number of carbonyl (C=O) groups is 13. The fourth-order valence-corrected chi connectivity index (χ4v) is 15.7. The molecule has 2 saturated heterocycles. The Balaban J connectivity index is 1.05. The first kappa shape index (κ1) is 90.4. The maximum absolute atomic E-state index is 15.3. The van der Waals surface area contributed by atoms with Crippen LogP contribution in [0.2, 0.25) is 0 Å². The molecule has 0 radical (unpaired) electrons. The third kappa shape index (κ3) is 22.4. The third-order valence-corrected chi connectivity index (χ3v) is 22.8. The summed E-state index contributed by atoms with van der Waals surface area (Å²) in [5, 5.41) is 18.2. The minimum atomic E-state index is -5.37. The summed E-state index contributed by atoms with van der Waals surface area (Å²) >= 11 is 0. The number of likely N-dealkylation sites (N-methyl/N-ethyl adjacent to an activating group) is 7. The molecule has 0 bridgehead atoms. The number of amides is 12. The number of nitrogens with zero attached hydrogens (tertiary/aromatic N) is 9. The van der Waals surface area contributed by atoms with Gasteiger partial charge in [0.15, 0.2) is 0 Å². The van der Waals surface area contributed by atoms with Gasteiger partial charge in [0.25, 0.3) is 0 Å². The summed E-state index contributed by atoms with van der Waals surface area (Å²) in [6, 6.07) is 5.29. The molecule has 32 heteroatoms. The number of carboxylic acid groups (broad SMARTS) is 1. The number of likely N-dealkylation sites (tertiary alicyclic amines) is 2. The highest BCUT2D eigenvalue weighted by Crippen LogP contribution is 2.38. The average molecular weight is 1590 g/mol. The minimum absolute atomic E-state index is 0.0356. The molecule has 7 rings (SSSR count). The van der Waals surface area contributed by atoms with Crippen LogP contribution in [-0.4, -0.2) is 262 Å². The maximum Gasteiger partial charge on any atom is 0.422 e. The van der Waals surface area contributed by atoms with E-state index in [9.17, 15) is 79.8 Å². The van der Waals surface area contributed by atoms with Gasteiger partial charge in [-0.25, -0.2) is 18.4 Å². The summed E-state index contributed by atoms with van der Waals surface area (Å²) in [6.45, 7) is 11.2. The Kier molecular flexibility index (Phi) is 31.8. The quantitative estimate of drug-likeness (QED) is 0.0426. The number of benzene rings is 3. The number of aryl methyl sites for hydroxylation is 2. The molecule has 113 heavy (non-hydrogen) atoms. The second kappa shape index (κ2) is 39.8. The molecular weight excluding hydrogens is 1480 g/mol. The second-order valence-corrected chi connectivity index (χ2v) is 31.4. The Morgan fingerprint density at radius 1 is 0.646 bits per heavy atom. The number of carbonyl (C=O) groups excluding carboxylic acids is 12. The molecule has 27 nitrogen and oxygen atoms in total. The topological polar surface area (TPSA) is 317 Å². The maximum atomic E-state index is 15.3. The number of alkyl carbamates (subject to hydrolysis) is 1. The van der Waals surface area contributed by atoms with Gasteiger partial charge in [0, 0.05) is 75.4 Å². The fourth-order valence-electron chi connectivity index (χ4n) is 15.7. The first-order valence-corrected chi connectivity index (χ1v) is 39.0. The normalized spacial score (nSPS) is 18.2. The van der Waals surface area contributed by atoms with Crippen LogP contribution in [0, 0.1) is 36.3 Å². The fraction of sp³-hybridized carbons (Fsp3) is 0.617. The minimum Gasteiger partial charge on any atom is -0.480 e. The smallest absolute Gasteiger partial charge is 0.422 e. The number of alkyl halides is 3. The lowest BCUT2D eigenvalue weighted by atomic mass is 9.90. The van der Waals surface area contributed by atoms with Gasteiger partial charge in [-0.2, -0.15) is 13.2 Å². The van der Waals surface area contributed by atoms with Crippen molar-refractivity contribution in [2.24, 2.45) is 17.8 Å². The lowest BCUT2D eigenvalue weighted by molar-refractivity contribution is -0.161. The summed E-state index contributed by atoms with van der Waals surface area (Å²) in [5.74, 6) is -14.1. The summed E-state index contributed by atoms with van der Waals surface area (Å²) in [4.78, 5) is 199. The molecule has 622 valence electrons. The van der Waals surface area contributed by atoms with Gasteiger partial charge in [-0.15, -0.1) is 0 Å². The van der Waals surface area contributed by atoms with Crippen LogP contribution < -0.4 is 16.0 Å². The Hall–Kier alpha value is -9.78. The monoisotopic (exact) mass is 1590 g/mol. The van der Waals surface area contributed by atoms with E-state index in [2.05, 4.69) is 16.0 Å². The van der Waals surface area contributed by atoms with Crippen molar-refractivity contribution >= 4 is 77.0 Å². The zero-order valence-corrected chi connectivity index (χ0v) is 67.4. The summed E-state index contributed by atoms with van der Waals surface area (Å²) < 4.78 is 75.4. The molecule has 4 aliphatic rings.